The fraction of sp³-hybridized carbons (Fsp3) is 0.400. The number of hydrogen-bond acceptors (Lipinski definition) is 7. The molecule has 10 nitrogen and oxygen atoms in total. The number of carboxylic acids is 1. The van der Waals surface area contributed by atoms with Crippen LogP contribution in [0.5, 0.6) is 11.5 Å². The van der Waals surface area contributed by atoms with Gasteiger partial charge >= 0.3 is 12.1 Å². The highest BCUT2D eigenvalue weighted by Gasteiger charge is 2.54. The van der Waals surface area contributed by atoms with Crippen molar-refractivity contribution in [3.8, 4) is 22.6 Å². The first-order valence-corrected chi connectivity index (χ1v) is 20.2. The van der Waals surface area contributed by atoms with Gasteiger partial charge in [-0.1, -0.05) is 48.0 Å². The standard InChI is InChI=1S/C38H40ClF2N3O5S.C2HF3O2/c1-48-35-20-26(10-17-34(35)23-6-11-27(39)12-7-23)38(40,41)36(37(45)44-29-13-14-30(44)22-28(42)21-29)43-50(46,47)33-16-9-24-18-32(15-8-25(24)19-33)49-31-4-2-3-5-31;3-2(4,5)1(6)7/h6-12,15-20,28-31,36,43H,2-5,13-14,21-22,42H2,1H3;(H,6,7). The number of nitrogens with zero attached hydrogens (tertiary/aromatic N) is 1. The van der Waals surface area contributed by atoms with Crippen LogP contribution in [0.2, 0.25) is 5.02 Å². The van der Waals surface area contributed by atoms with Gasteiger partial charge in [0, 0.05) is 34.3 Å². The largest absolute Gasteiger partial charge is 0.496 e. The van der Waals surface area contributed by atoms with Crippen molar-refractivity contribution >= 4 is 44.3 Å². The van der Waals surface area contributed by atoms with Crippen molar-refractivity contribution in [2.75, 3.05) is 7.11 Å². The molecule has 2 bridgehead atoms. The SMILES string of the molecule is COc1cc(C(F)(F)C(NS(=O)(=O)c2ccc3cc(OC4CCCC4)ccc3c2)C(=O)N2C3CCC2CC(N)C3)ccc1-c1ccc(Cl)cc1.O=C(O)C(F)(F)F. The molecular formula is C40H41ClF5N3O7S. The number of carbonyl (C=O) groups is 2. The maximum absolute atomic E-state index is 16.9. The minimum atomic E-state index is -5.08. The van der Waals surface area contributed by atoms with Crippen LogP contribution in [0.1, 0.15) is 56.9 Å². The Bertz CT molecular complexity index is 2210. The number of nitrogens with one attached hydrogen (secondary N) is 1. The lowest BCUT2D eigenvalue weighted by Crippen LogP contribution is -2.60. The molecule has 4 aromatic rings. The predicted octanol–water partition coefficient (Wildman–Crippen LogP) is 8.04. The van der Waals surface area contributed by atoms with E-state index in [-0.39, 0.29) is 34.9 Å². The molecule has 57 heavy (non-hydrogen) atoms. The quantitative estimate of drug-likeness (QED) is 0.136. The maximum atomic E-state index is 16.9. The highest BCUT2D eigenvalue weighted by molar-refractivity contribution is 7.89. The minimum absolute atomic E-state index is 0.133. The molecule has 3 unspecified atom stereocenters. The summed E-state index contributed by atoms with van der Waals surface area (Å²) in [6.45, 7) is 0. The molecule has 4 aromatic carbocycles. The Morgan fingerprint density at radius 3 is 2.07 bits per heavy atom. The molecule has 0 radical (unpaired) electrons. The van der Waals surface area contributed by atoms with Gasteiger partial charge in [0.1, 0.15) is 11.5 Å². The second kappa shape index (κ2) is 16.8. The number of hydrogen-bond donors (Lipinski definition) is 3. The molecule has 0 spiro atoms. The van der Waals surface area contributed by atoms with Crippen LogP contribution in [-0.2, 0) is 25.5 Å². The average molecular weight is 838 g/mol. The van der Waals surface area contributed by atoms with Gasteiger partial charge in [-0.25, -0.2) is 13.2 Å². The van der Waals surface area contributed by atoms with Crippen LogP contribution in [0, 0.1) is 0 Å². The van der Waals surface area contributed by atoms with Gasteiger partial charge in [-0.2, -0.15) is 26.7 Å². The molecule has 4 N–H and O–H groups in total. The zero-order valence-electron chi connectivity index (χ0n) is 30.6. The van der Waals surface area contributed by atoms with E-state index in [2.05, 4.69) is 4.72 Å². The first-order chi connectivity index (χ1) is 26.9. The number of carbonyl (C=O) groups excluding carboxylic acids is 1. The second-order valence-corrected chi connectivity index (χ2v) is 16.6. The maximum Gasteiger partial charge on any atom is 0.490 e. The van der Waals surface area contributed by atoms with E-state index in [0.29, 0.717) is 53.0 Å². The van der Waals surface area contributed by atoms with Crippen LogP contribution in [0.3, 0.4) is 0 Å². The van der Waals surface area contributed by atoms with Gasteiger partial charge < -0.3 is 25.2 Å². The number of fused-ring (bicyclic) bond motifs is 3. The molecule has 2 heterocycles. The fourth-order valence-corrected chi connectivity index (χ4v) is 9.16. The van der Waals surface area contributed by atoms with Crippen LogP contribution in [0.15, 0.2) is 83.8 Å². The summed E-state index contributed by atoms with van der Waals surface area (Å²) < 4.78 is 107. The second-order valence-electron chi connectivity index (χ2n) is 14.5. The Hall–Kier alpha value is -4.51. The Labute approximate surface area is 331 Å². The number of aliphatic carboxylic acids is 1. The molecule has 1 aliphatic carbocycles. The van der Waals surface area contributed by atoms with Crippen molar-refractivity contribution in [1.82, 2.24) is 9.62 Å². The first-order valence-electron chi connectivity index (χ1n) is 18.3. The van der Waals surface area contributed by atoms with Crippen LogP contribution in [-0.4, -0.2) is 73.9 Å². The zero-order chi connectivity index (χ0) is 41.3. The number of rotatable bonds is 10. The number of amides is 1. The van der Waals surface area contributed by atoms with Crippen LogP contribution in [0.25, 0.3) is 21.9 Å². The van der Waals surface area contributed by atoms with Crippen LogP contribution in [0.4, 0.5) is 22.0 Å². The number of methoxy groups -OCH3 is 1. The Morgan fingerprint density at radius 1 is 0.877 bits per heavy atom. The van der Waals surface area contributed by atoms with E-state index in [4.69, 9.17) is 36.7 Å². The molecule has 306 valence electrons. The number of alkyl halides is 5. The topological polar surface area (TPSA) is 148 Å². The van der Waals surface area contributed by atoms with Gasteiger partial charge in [-0.3, -0.25) is 4.79 Å². The van der Waals surface area contributed by atoms with Gasteiger partial charge in [0.05, 0.1) is 18.1 Å². The summed E-state index contributed by atoms with van der Waals surface area (Å²) in [5.41, 5.74) is 6.87. The third-order valence-corrected chi connectivity index (χ3v) is 12.3. The monoisotopic (exact) mass is 837 g/mol. The molecule has 3 fully saturated rings. The Kier molecular flexibility index (Phi) is 12.4. The summed E-state index contributed by atoms with van der Waals surface area (Å²) in [4.78, 5) is 24.4. The summed E-state index contributed by atoms with van der Waals surface area (Å²) in [6, 6.07) is 17.1. The molecule has 1 amide bonds. The van der Waals surface area contributed by atoms with E-state index < -0.39 is 45.6 Å². The minimum Gasteiger partial charge on any atom is -0.496 e. The van der Waals surface area contributed by atoms with E-state index in [1.54, 1.807) is 42.5 Å². The first kappa shape index (κ1) is 42.1. The molecule has 2 aliphatic heterocycles. The van der Waals surface area contributed by atoms with Crippen LogP contribution < -0.4 is 19.9 Å². The summed E-state index contributed by atoms with van der Waals surface area (Å²) >= 11 is 6.05. The third kappa shape index (κ3) is 9.46. The molecule has 3 atom stereocenters. The van der Waals surface area contributed by atoms with E-state index >= 15 is 8.78 Å². The van der Waals surface area contributed by atoms with Crippen molar-refractivity contribution in [3.05, 3.63) is 89.4 Å². The van der Waals surface area contributed by atoms with E-state index in [1.807, 2.05) is 6.07 Å². The molecule has 7 rings (SSSR count). The van der Waals surface area contributed by atoms with Crippen molar-refractivity contribution in [2.45, 2.75) is 98.6 Å². The average Bonchev–Trinajstić information content (AvgIpc) is 3.78. The van der Waals surface area contributed by atoms with E-state index in [1.165, 1.54) is 36.3 Å². The lowest BCUT2D eigenvalue weighted by molar-refractivity contribution is -0.192. The van der Waals surface area contributed by atoms with Gasteiger partial charge in [0.2, 0.25) is 15.9 Å². The fourth-order valence-electron chi connectivity index (χ4n) is 7.80. The van der Waals surface area contributed by atoms with E-state index in [0.717, 1.165) is 37.1 Å². The Morgan fingerprint density at radius 2 is 1.47 bits per heavy atom. The highest BCUT2D eigenvalue weighted by atomic mass is 35.5. The summed E-state index contributed by atoms with van der Waals surface area (Å²) in [5, 5.41) is 8.97. The van der Waals surface area contributed by atoms with Gasteiger partial charge in [0.15, 0.2) is 6.04 Å². The van der Waals surface area contributed by atoms with E-state index in [9.17, 15) is 26.4 Å². The van der Waals surface area contributed by atoms with Gasteiger partial charge in [0.25, 0.3) is 5.92 Å². The molecule has 17 heteroatoms. The number of benzene rings is 4. The van der Waals surface area contributed by atoms with Gasteiger partial charge in [-0.15, -0.1) is 0 Å². The normalized spacial score (nSPS) is 20.5. The van der Waals surface area contributed by atoms with Gasteiger partial charge in [-0.05, 0) is 110 Å². The molecule has 3 aliphatic rings. The number of ether oxygens (including phenoxy) is 2. The summed E-state index contributed by atoms with van der Waals surface area (Å²) in [6.07, 6.45) is 1.50. The van der Waals surface area contributed by atoms with Crippen molar-refractivity contribution in [1.29, 1.82) is 0 Å². The van der Waals surface area contributed by atoms with Crippen LogP contribution >= 0.6 is 11.6 Å². The Balaban J connectivity index is 0.000000719. The number of sulfonamides is 1. The van der Waals surface area contributed by atoms with Crippen molar-refractivity contribution in [2.24, 2.45) is 5.73 Å². The number of halogens is 6. The highest BCUT2D eigenvalue weighted by Crippen LogP contribution is 2.42. The number of nitrogens with two attached hydrogens (primary N) is 1. The smallest absolute Gasteiger partial charge is 0.490 e. The number of piperidine rings is 1. The number of carboxylic acid groups (broad SMARTS) is 1. The van der Waals surface area contributed by atoms with Crippen molar-refractivity contribution in [3.63, 3.8) is 0 Å². The third-order valence-electron chi connectivity index (χ3n) is 10.6. The molecular weight excluding hydrogens is 797 g/mol. The summed E-state index contributed by atoms with van der Waals surface area (Å²) in [7, 11) is -3.27. The van der Waals surface area contributed by atoms with Crippen molar-refractivity contribution < 1.29 is 54.5 Å². The summed E-state index contributed by atoms with van der Waals surface area (Å²) in [5.74, 6) is -6.89. The molecule has 0 aromatic heterocycles. The lowest BCUT2D eigenvalue weighted by Gasteiger charge is -2.41. The molecule has 1 saturated carbocycles. The predicted molar refractivity (Wildman–Crippen MR) is 203 cm³/mol. The lowest BCUT2D eigenvalue weighted by atomic mass is 9.93. The zero-order valence-corrected chi connectivity index (χ0v) is 32.2. The molecule has 2 saturated heterocycles.